The molecule has 1 heterocycles. The highest BCUT2D eigenvalue weighted by Gasteiger charge is 2.27. The first-order chi connectivity index (χ1) is 11.2. The summed E-state index contributed by atoms with van der Waals surface area (Å²) in [6.45, 7) is 13.6. The van der Waals surface area contributed by atoms with Gasteiger partial charge in [0.2, 0.25) is 0 Å². The van der Waals surface area contributed by atoms with Gasteiger partial charge in [-0.2, -0.15) is 0 Å². The first kappa shape index (κ1) is 16.8. The number of fused-ring (bicyclic) bond motifs is 1. The van der Waals surface area contributed by atoms with Crippen LogP contribution < -0.4 is 4.74 Å². The molecule has 2 aromatic rings. The lowest BCUT2D eigenvalue weighted by Crippen LogP contribution is -2.20. The van der Waals surface area contributed by atoms with Crippen LogP contribution in [0.1, 0.15) is 69.9 Å². The molecule has 1 aliphatic heterocycles. The summed E-state index contributed by atoms with van der Waals surface area (Å²) in [5.74, 6) is 1.00. The molecule has 1 nitrogen and oxygen atoms in total. The van der Waals surface area contributed by atoms with E-state index in [1.54, 1.807) is 0 Å². The van der Waals surface area contributed by atoms with Crippen LogP contribution in [0.2, 0.25) is 0 Å². The van der Waals surface area contributed by atoms with E-state index in [0.29, 0.717) is 0 Å². The average molecular weight is 320 g/mol. The van der Waals surface area contributed by atoms with Crippen LogP contribution in [0.4, 0.5) is 0 Å². The molecule has 1 heteroatoms. The smallest absolute Gasteiger partial charge is 0.142 e. The molecule has 0 radical (unpaired) electrons. The fourth-order valence-electron chi connectivity index (χ4n) is 3.13. The Bertz CT molecular complexity index is 755. The van der Waals surface area contributed by atoms with Gasteiger partial charge in [0.25, 0.3) is 0 Å². The molecule has 0 bridgehead atoms. The molecule has 0 aromatic heterocycles. The van der Waals surface area contributed by atoms with Crippen LogP contribution in [0.25, 0.3) is 6.08 Å². The Morgan fingerprint density at radius 2 is 1.50 bits per heavy atom. The maximum absolute atomic E-state index is 6.40. The van der Waals surface area contributed by atoms with E-state index in [4.69, 9.17) is 4.74 Å². The number of rotatable bonds is 1. The maximum Gasteiger partial charge on any atom is 0.142 e. The number of ether oxygens (including phenoxy) is 1. The van der Waals surface area contributed by atoms with Crippen LogP contribution in [0.3, 0.4) is 0 Å². The van der Waals surface area contributed by atoms with Crippen LogP contribution in [-0.4, -0.2) is 0 Å². The Morgan fingerprint density at radius 3 is 2.08 bits per heavy atom. The summed E-state index contributed by atoms with van der Waals surface area (Å²) in [4.78, 5) is 0. The van der Waals surface area contributed by atoms with Crippen molar-refractivity contribution in [2.75, 3.05) is 0 Å². The summed E-state index contributed by atoms with van der Waals surface area (Å²) in [7, 11) is 0. The molecule has 24 heavy (non-hydrogen) atoms. The van der Waals surface area contributed by atoms with Gasteiger partial charge in [-0.05, 0) is 39.7 Å². The third-order valence-corrected chi connectivity index (χ3v) is 4.64. The lowest BCUT2D eigenvalue weighted by molar-refractivity contribution is 0.250. The molecule has 0 fully saturated rings. The highest BCUT2D eigenvalue weighted by Crippen LogP contribution is 2.42. The van der Waals surface area contributed by atoms with Crippen molar-refractivity contribution in [2.45, 2.75) is 58.5 Å². The lowest BCUT2D eigenvalue weighted by atomic mass is 9.77. The summed E-state index contributed by atoms with van der Waals surface area (Å²) in [6, 6.07) is 15.0. The van der Waals surface area contributed by atoms with Crippen molar-refractivity contribution in [3.8, 4) is 5.75 Å². The van der Waals surface area contributed by atoms with E-state index in [-0.39, 0.29) is 16.9 Å². The molecule has 0 saturated heterocycles. The fraction of sp³-hybridized carbons (Fsp3) is 0.391. The lowest BCUT2D eigenvalue weighted by Gasteiger charge is -2.31. The van der Waals surface area contributed by atoms with Crippen LogP contribution in [0, 0.1) is 0 Å². The minimum atomic E-state index is -0.0123. The van der Waals surface area contributed by atoms with Gasteiger partial charge in [0.15, 0.2) is 0 Å². The Hall–Kier alpha value is -2.02. The third-order valence-electron chi connectivity index (χ3n) is 4.64. The standard InChI is InChI=1S/C23H28O/c1-22(2,3)17-14-19(23(4,5)6)18-12-13-20(24-21(18)15-17)16-10-8-7-9-11-16/h7-15,20H,1-6H3. The molecule has 3 rings (SSSR count). The predicted molar refractivity (Wildman–Crippen MR) is 103 cm³/mol. The Kier molecular flexibility index (Phi) is 4.07. The molecule has 1 unspecified atom stereocenters. The van der Waals surface area contributed by atoms with Gasteiger partial charge in [-0.25, -0.2) is 0 Å². The van der Waals surface area contributed by atoms with Gasteiger partial charge < -0.3 is 4.74 Å². The minimum Gasteiger partial charge on any atom is -0.481 e. The predicted octanol–water partition coefficient (Wildman–Crippen LogP) is 6.43. The van der Waals surface area contributed by atoms with Gasteiger partial charge in [0.05, 0.1) is 0 Å². The highest BCUT2D eigenvalue weighted by molar-refractivity contribution is 5.67. The van der Waals surface area contributed by atoms with E-state index in [9.17, 15) is 0 Å². The zero-order chi connectivity index (χ0) is 17.5. The summed E-state index contributed by atoms with van der Waals surface area (Å²) in [6.07, 6.45) is 4.40. The first-order valence-electron chi connectivity index (χ1n) is 8.75. The summed E-state index contributed by atoms with van der Waals surface area (Å²) in [5, 5.41) is 0. The summed E-state index contributed by atoms with van der Waals surface area (Å²) < 4.78 is 6.40. The van der Waals surface area contributed by atoms with Crippen molar-refractivity contribution in [3.05, 3.63) is 70.8 Å². The second kappa shape index (κ2) is 5.81. The van der Waals surface area contributed by atoms with E-state index >= 15 is 0 Å². The zero-order valence-corrected chi connectivity index (χ0v) is 15.7. The van der Waals surface area contributed by atoms with Gasteiger partial charge in [0, 0.05) is 5.56 Å². The first-order valence-corrected chi connectivity index (χ1v) is 8.75. The monoisotopic (exact) mass is 320 g/mol. The molecule has 0 aliphatic carbocycles. The van der Waals surface area contributed by atoms with Gasteiger partial charge in [-0.15, -0.1) is 0 Å². The Labute approximate surface area is 146 Å². The molecule has 1 atom stereocenters. The normalized spacial score (nSPS) is 17.3. The molecular weight excluding hydrogens is 292 g/mol. The van der Waals surface area contributed by atoms with Gasteiger partial charge >= 0.3 is 0 Å². The largest absolute Gasteiger partial charge is 0.481 e. The van der Waals surface area contributed by atoms with Crippen molar-refractivity contribution in [1.82, 2.24) is 0 Å². The Balaban J connectivity index is 2.11. The van der Waals surface area contributed by atoms with E-state index in [1.165, 1.54) is 22.3 Å². The van der Waals surface area contributed by atoms with Crippen LogP contribution in [0.15, 0.2) is 48.5 Å². The van der Waals surface area contributed by atoms with Crippen molar-refractivity contribution in [2.24, 2.45) is 0 Å². The minimum absolute atomic E-state index is 0.0123. The van der Waals surface area contributed by atoms with E-state index in [0.717, 1.165) is 5.75 Å². The molecule has 0 N–H and O–H groups in total. The number of hydrogen-bond acceptors (Lipinski definition) is 1. The summed E-state index contributed by atoms with van der Waals surface area (Å²) >= 11 is 0. The number of benzene rings is 2. The average Bonchev–Trinajstić information content (AvgIpc) is 2.52. The summed E-state index contributed by atoms with van der Waals surface area (Å²) in [5.41, 5.74) is 5.28. The number of hydrogen-bond donors (Lipinski definition) is 0. The van der Waals surface area contributed by atoms with Gasteiger partial charge in [0.1, 0.15) is 11.9 Å². The van der Waals surface area contributed by atoms with Crippen LogP contribution in [-0.2, 0) is 10.8 Å². The molecular formula is C23H28O. The van der Waals surface area contributed by atoms with Crippen LogP contribution >= 0.6 is 0 Å². The molecule has 1 aliphatic rings. The molecule has 0 saturated carbocycles. The van der Waals surface area contributed by atoms with Crippen molar-refractivity contribution < 1.29 is 4.74 Å². The van der Waals surface area contributed by atoms with Crippen molar-refractivity contribution in [1.29, 1.82) is 0 Å². The fourth-order valence-corrected chi connectivity index (χ4v) is 3.13. The SMILES string of the molecule is CC(C)(C)c1cc2c(c(C(C)(C)C)c1)C=CC(c1ccccc1)O2. The topological polar surface area (TPSA) is 9.23 Å². The van der Waals surface area contributed by atoms with Gasteiger partial charge in [-0.1, -0.05) is 84.0 Å². The molecule has 0 amide bonds. The maximum atomic E-state index is 6.40. The molecule has 2 aromatic carbocycles. The highest BCUT2D eigenvalue weighted by atomic mass is 16.5. The van der Waals surface area contributed by atoms with Gasteiger partial charge in [-0.3, -0.25) is 0 Å². The zero-order valence-electron chi connectivity index (χ0n) is 15.7. The molecule has 126 valence electrons. The van der Waals surface area contributed by atoms with E-state index in [1.807, 2.05) is 6.07 Å². The van der Waals surface area contributed by atoms with Crippen LogP contribution in [0.5, 0.6) is 5.75 Å². The van der Waals surface area contributed by atoms with Crippen molar-refractivity contribution >= 4 is 6.08 Å². The van der Waals surface area contributed by atoms with Crippen molar-refractivity contribution in [3.63, 3.8) is 0 Å². The van der Waals surface area contributed by atoms with E-state index in [2.05, 4.69) is 90.1 Å². The third kappa shape index (κ3) is 3.26. The van der Waals surface area contributed by atoms with E-state index < -0.39 is 0 Å². The Morgan fingerprint density at radius 1 is 0.833 bits per heavy atom. The second-order valence-corrected chi connectivity index (χ2v) is 8.74. The molecule has 0 spiro atoms. The quantitative estimate of drug-likeness (QED) is 0.588. The second-order valence-electron chi connectivity index (χ2n) is 8.74.